The van der Waals surface area contributed by atoms with Crippen LogP contribution in [-0.2, 0) is 0 Å². The van der Waals surface area contributed by atoms with Crippen LogP contribution in [-0.4, -0.2) is 17.0 Å². The van der Waals surface area contributed by atoms with Gasteiger partial charge in [-0.2, -0.15) is 0 Å². The maximum absolute atomic E-state index is 6.00. The number of aromatic nitrogens is 1. The fourth-order valence-electron chi connectivity index (χ4n) is 3.01. The maximum atomic E-state index is 6.00. The molecule has 1 fully saturated rings. The molecule has 3 rings (SSSR count). The Kier molecular flexibility index (Phi) is 4.73. The number of aryl methyl sites for hydroxylation is 1. The van der Waals surface area contributed by atoms with Gasteiger partial charge in [0.2, 0.25) is 0 Å². The van der Waals surface area contributed by atoms with Gasteiger partial charge in [-0.05, 0) is 44.1 Å². The smallest absolute Gasteiger partial charge is 0.195 e. The summed E-state index contributed by atoms with van der Waals surface area (Å²) in [5.74, 6) is 1.15. The average molecular weight is 314 g/mol. The summed E-state index contributed by atoms with van der Waals surface area (Å²) < 4.78 is 0. The topological polar surface area (TPSA) is 63.3 Å². The molecule has 2 aromatic rings. The first-order valence-electron chi connectivity index (χ1n) is 7.78. The molecule has 0 amide bonds. The summed E-state index contributed by atoms with van der Waals surface area (Å²) in [5, 5.41) is 5.91. The molecule has 0 radical (unpaired) electrons. The molecule has 1 saturated carbocycles. The number of thiazole rings is 1. The second kappa shape index (κ2) is 6.92. The van der Waals surface area contributed by atoms with Gasteiger partial charge in [0, 0.05) is 5.38 Å². The largest absolute Gasteiger partial charge is 0.370 e. The summed E-state index contributed by atoms with van der Waals surface area (Å²) in [5.41, 5.74) is 8.45. The van der Waals surface area contributed by atoms with Crippen LogP contribution in [0.3, 0.4) is 0 Å². The summed E-state index contributed by atoms with van der Waals surface area (Å²) in [4.78, 5) is 8.96. The van der Waals surface area contributed by atoms with Crippen LogP contribution in [0.5, 0.6) is 0 Å². The highest BCUT2D eigenvalue weighted by molar-refractivity contribution is 7.13. The zero-order valence-corrected chi connectivity index (χ0v) is 13.6. The van der Waals surface area contributed by atoms with Gasteiger partial charge in [0.1, 0.15) is 0 Å². The lowest BCUT2D eigenvalue weighted by Crippen LogP contribution is -2.26. The Bertz CT molecular complexity index is 627. The molecule has 0 atom stereocenters. The first-order chi connectivity index (χ1) is 10.7. The molecule has 0 aliphatic heterocycles. The molecule has 1 aromatic heterocycles. The highest BCUT2D eigenvalue weighted by Crippen LogP contribution is 2.33. The van der Waals surface area contributed by atoms with Crippen molar-refractivity contribution in [3.8, 4) is 0 Å². The van der Waals surface area contributed by atoms with E-state index in [-0.39, 0.29) is 0 Å². The van der Waals surface area contributed by atoms with E-state index in [1.165, 1.54) is 18.4 Å². The first-order valence-corrected chi connectivity index (χ1v) is 8.66. The minimum Gasteiger partial charge on any atom is -0.370 e. The van der Waals surface area contributed by atoms with E-state index in [0.717, 1.165) is 23.7 Å². The molecule has 0 unspecified atom stereocenters. The Hall–Kier alpha value is -1.88. The lowest BCUT2D eigenvalue weighted by atomic mass is 9.82. The van der Waals surface area contributed by atoms with Crippen molar-refractivity contribution < 1.29 is 0 Å². The molecule has 1 aromatic carbocycles. The van der Waals surface area contributed by atoms with E-state index in [9.17, 15) is 0 Å². The van der Waals surface area contributed by atoms with Crippen molar-refractivity contribution in [3.05, 3.63) is 47.0 Å². The van der Waals surface area contributed by atoms with Gasteiger partial charge in [0.25, 0.3) is 0 Å². The third kappa shape index (κ3) is 3.85. The average Bonchev–Trinajstić information content (AvgIpc) is 2.94. The quantitative estimate of drug-likeness (QED) is 0.667. The molecule has 116 valence electrons. The van der Waals surface area contributed by atoms with Gasteiger partial charge in [-0.15, -0.1) is 11.3 Å². The number of hydrogen-bond acceptors (Lipinski definition) is 3. The highest BCUT2D eigenvalue weighted by Gasteiger charge is 2.22. The number of guanidine groups is 1. The molecule has 1 heterocycles. The molecular weight excluding hydrogens is 292 g/mol. The fraction of sp³-hybridized carbons (Fsp3) is 0.412. The van der Waals surface area contributed by atoms with E-state index in [0.29, 0.717) is 17.9 Å². The Morgan fingerprint density at radius 3 is 2.59 bits per heavy atom. The second-order valence-electron chi connectivity index (χ2n) is 5.85. The first kappa shape index (κ1) is 15.0. The van der Waals surface area contributed by atoms with Crippen LogP contribution < -0.4 is 11.1 Å². The Morgan fingerprint density at radius 2 is 1.95 bits per heavy atom. The van der Waals surface area contributed by atoms with E-state index in [2.05, 4.69) is 45.6 Å². The zero-order valence-electron chi connectivity index (χ0n) is 12.8. The summed E-state index contributed by atoms with van der Waals surface area (Å²) in [6.45, 7) is 1.97. The van der Waals surface area contributed by atoms with Crippen molar-refractivity contribution >= 4 is 22.4 Å². The molecular formula is C17H22N4S. The minimum absolute atomic E-state index is 0.327. The molecule has 22 heavy (non-hydrogen) atoms. The molecule has 0 spiro atoms. The van der Waals surface area contributed by atoms with E-state index >= 15 is 0 Å². The van der Waals surface area contributed by atoms with E-state index in [1.54, 1.807) is 11.3 Å². The number of anilines is 1. The summed E-state index contributed by atoms with van der Waals surface area (Å²) in [6, 6.07) is 11.1. The van der Waals surface area contributed by atoms with Crippen LogP contribution >= 0.6 is 11.3 Å². The van der Waals surface area contributed by atoms with Crippen molar-refractivity contribution in [1.29, 1.82) is 0 Å². The van der Waals surface area contributed by atoms with Gasteiger partial charge < -0.3 is 11.1 Å². The predicted molar refractivity (Wildman–Crippen MR) is 93.5 cm³/mol. The number of nitrogens with one attached hydrogen (secondary N) is 1. The van der Waals surface area contributed by atoms with Crippen molar-refractivity contribution in [3.63, 3.8) is 0 Å². The number of hydrogen-bond donors (Lipinski definition) is 2. The van der Waals surface area contributed by atoms with Crippen molar-refractivity contribution in [1.82, 2.24) is 4.98 Å². The van der Waals surface area contributed by atoms with Crippen LogP contribution in [0.4, 0.5) is 5.13 Å². The Balaban J connectivity index is 1.54. The van der Waals surface area contributed by atoms with Crippen molar-refractivity contribution in [2.24, 2.45) is 10.7 Å². The molecule has 3 N–H and O–H groups in total. The van der Waals surface area contributed by atoms with E-state index in [1.807, 2.05) is 12.3 Å². The van der Waals surface area contributed by atoms with Gasteiger partial charge in [-0.3, -0.25) is 0 Å². The summed E-state index contributed by atoms with van der Waals surface area (Å²) >= 11 is 1.55. The monoisotopic (exact) mass is 314 g/mol. The second-order valence-corrected chi connectivity index (χ2v) is 6.71. The number of rotatable bonds is 3. The predicted octanol–water partition coefficient (Wildman–Crippen LogP) is 3.90. The van der Waals surface area contributed by atoms with Crippen LogP contribution in [0.2, 0.25) is 0 Å². The third-order valence-corrected chi connectivity index (χ3v) is 5.02. The molecule has 0 saturated heterocycles. The third-order valence-electron chi connectivity index (χ3n) is 4.14. The van der Waals surface area contributed by atoms with Crippen molar-refractivity contribution in [2.45, 2.75) is 44.6 Å². The molecule has 1 aliphatic rings. The van der Waals surface area contributed by atoms with Crippen LogP contribution in [0.15, 0.2) is 40.7 Å². The van der Waals surface area contributed by atoms with Crippen LogP contribution in [0.25, 0.3) is 0 Å². The summed E-state index contributed by atoms with van der Waals surface area (Å²) in [7, 11) is 0. The normalized spacial score (nSPS) is 22.5. The number of nitrogens with two attached hydrogens (primary N) is 1. The van der Waals surface area contributed by atoms with Gasteiger partial charge in [-0.1, -0.05) is 30.3 Å². The number of aliphatic imine (C=N–C) groups is 1. The van der Waals surface area contributed by atoms with Gasteiger partial charge in [0.15, 0.2) is 11.1 Å². The van der Waals surface area contributed by atoms with Crippen LogP contribution in [0.1, 0.15) is 42.9 Å². The summed E-state index contributed by atoms with van der Waals surface area (Å²) in [6.07, 6.45) is 4.56. The minimum atomic E-state index is 0.327. The SMILES string of the molecule is Cc1csc(NC(N)=NC2CCC(c3ccccc3)CC2)n1. The standard InChI is InChI=1S/C17H22N4S/c1-12-11-22-17(19-12)21-16(18)20-15-9-7-14(8-10-15)13-5-3-2-4-6-13/h2-6,11,14-15H,7-10H2,1H3,(H3,18,19,20,21). The lowest BCUT2D eigenvalue weighted by Gasteiger charge is -2.26. The Labute approximate surface area is 135 Å². The molecule has 0 bridgehead atoms. The maximum Gasteiger partial charge on any atom is 0.195 e. The highest BCUT2D eigenvalue weighted by atomic mass is 32.1. The van der Waals surface area contributed by atoms with Crippen LogP contribution in [0, 0.1) is 6.92 Å². The van der Waals surface area contributed by atoms with E-state index in [4.69, 9.17) is 5.73 Å². The zero-order chi connectivity index (χ0) is 15.4. The molecule has 5 heteroatoms. The fourth-order valence-corrected chi connectivity index (χ4v) is 3.71. The van der Waals surface area contributed by atoms with Gasteiger partial charge >= 0.3 is 0 Å². The lowest BCUT2D eigenvalue weighted by molar-refractivity contribution is 0.397. The Morgan fingerprint density at radius 1 is 1.23 bits per heavy atom. The van der Waals surface area contributed by atoms with E-state index < -0.39 is 0 Å². The van der Waals surface area contributed by atoms with Gasteiger partial charge in [0.05, 0.1) is 11.7 Å². The molecule has 1 aliphatic carbocycles. The molecule has 4 nitrogen and oxygen atoms in total. The van der Waals surface area contributed by atoms with Crippen molar-refractivity contribution in [2.75, 3.05) is 5.32 Å². The van der Waals surface area contributed by atoms with Gasteiger partial charge in [-0.25, -0.2) is 9.98 Å². The number of nitrogens with zero attached hydrogens (tertiary/aromatic N) is 2. The number of benzene rings is 1.